The van der Waals surface area contributed by atoms with Crippen molar-refractivity contribution in [1.82, 2.24) is 9.97 Å². The number of carbonyl (C=O) groups excluding carboxylic acids is 1. The van der Waals surface area contributed by atoms with Crippen molar-refractivity contribution in [3.63, 3.8) is 0 Å². The summed E-state index contributed by atoms with van der Waals surface area (Å²) in [5.74, 6) is -1.01. The molecule has 1 N–H and O–H groups in total. The molecule has 0 atom stereocenters. The highest BCUT2D eigenvalue weighted by atomic mass is 32.1. The Hall–Kier alpha value is -2.55. The van der Waals surface area contributed by atoms with Gasteiger partial charge in [0, 0.05) is 5.56 Å². The summed E-state index contributed by atoms with van der Waals surface area (Å²) in [4.78, 5) is 19.3. The average Bonchev–Trinajstić information content (AvgIpc) is 2.88. The number of pyridine rings is 1. The lowest BCUT2D eigenvalue weighted by Crippen LogP contribution is -2.11. The third kappa shape index (κ3) is 3.29. The summed E-state index contributed by atoms with van der Waals surface area (Å²) < 4.78 is 50.9. The predicted octanol–water partition coefficient (Wildman–Crippen LogP) is 4.10. The van der Waals surface area contributed by atoms with Crippen LogP contribution in [-0.4, -0.2) is 15.9 Å². The number of aromatic nitrogens is 2. The minimum atomic E-state index is -4.55. The van der Waals surface area contributed by atoms with Crippen LogP contribution in [0, 0.1) is 5.82 Å². The quantitative estimate of drug-likeness (QED) is 0.714. The normalized spacial score (nSPS) is 11.7. The smallest absolute Gasteiger partial charge is 0.298 e. The standard InChI is InChI=1S/C14H7F4N3OS/c15-8-3-1-7(2-4-8)12(22)21-13-20-9-6-19-11(14(16,17)18)5-10(9)23-13/h1-6H,(H,20,21,22). The van der Waals surface area contributed by atoms with E-state index in [1.54, 1.807) is 0 Å². The summed E-state index contributed by atoms with van der Waals surface area (Å²) in [5, 5.41) is 2.60. The molecule has 9 heteroatoms. The van der Waals surface area contributed by atoms with Crippen LogP contribution in [0.1, 0.15) is 16.1 Å². The number of thiazole rings is 1. The third-order valence-electron chi connectivity index (χ3n) is 2.89. The number of halogens is 4. The molecule has 0 spiro atoms. The molecule has 1 amide bonds. The van der Waals surface area contributed by atoms with Crippen molar-refractivity contribution >= 4 is 32.6 Å². The maximum atomic E-state index is 12.8. The van der Waals surface area contributed by atoms with E-state index in [-0.39, 0.29) is 20.9 Å². The number of amides is 1. The molecule has 118 valence electrons. The Morgan fingerprint density at radius 1 is 1.17 bits per heavy atom. The van der Waals surface area contributed by atoms with Gasteiger partial charge >= 0.3 is 6.18 Å². The summed E-state index contributed by atoms with van der Waals surface area (Å²) in [6.07, 6.45) is -3.54. The molecule has 0 fully saturated rings. The van der Waals surface area contributed by atoms with Crippen molar-refractivity contribution < 1.29 is 22.4 Å². The highest BCUT2D eigenvalue weighted by molar-refractivity contribution is 7.22. The predicted molar refractivity (Wildman–Crippen MR) is 76.8 cm³/mol. The summed E-state index contributed by atoms with van der Waals surface area (Å²) >= 11 is 0.897. The second-order valence-electron chi connectivity index (χ2n) is 4.52. The SMILES string of the molecule is O=C(Nc1nc2cnc(C(F)(F)F)cc2s1)c1ccc(F)cc1. The molecule has 0 saturated heterocycles. The molecular formula is C14H7F4N3OS. The van der Waals surface area contributed by atoms with Crippen LogP contribution in [0.4, 0.5) is 22.7 Å². The number of fused-ring (bicyclic) bond motifs is 1. The Kier molecular flexibility index (Phi) is 3.72. The molecule has 3 aromatic rings. The second-order valence-corrected chi connectivity index (χ2v) is 5.55. The van der Waals surface area contributed by atoms with E-state index >= 15 is 0 Å². The minimum Gasteiger partial charge on any atom is -0.298 e. The number of anilines is 1. The Balaban J connectivity index is 1.86. The molecule has 0 aliphatic rings. The van der Waals surface area contributed by atoms with E-state index in [0.717, 1.165) is 35.7 Å². The van der Waals surface area contributed by atoms with Crippen LogP contribution >= 0.6 is 11.3 Å². The van der Waals surface area contributed by atoms with E-state index in [9.17, 15) is 22.4 Å². The van der Waals surface area contributed by atoms with E-state index in [1.807, 2.05) is 0 Å². The molecule has 0 radical (unpaired) electrons. The number of hydrogen-bond donors (Lipinski definition) is 1. The van der Waals surface area contributed by atoms with Gasteiger partial charge in [0.25, 0.3) is 5.91 Å². The molecule has 1 aromatic carbocycles. The van der Waals surface area contributed by atoms with E-state index in [2.05, 4.69) is 15.3 Å². The molecule has 0 unspecified atom stereocenters. The maximum absolute atomic E-state index is 12.8. The second kappa shape index (κ2) is 5.58. The van der Waals surface area contributed by atoms with Gasteiger partial charge in [-0.3, -0.25) is 10.1 Å². The van der Waals surface area contributed by atoms with Gasteiger partial charge in [-0.15, -0.1) is 0 Å². The Bertz CT molecular complexity index is 874. The fourth-order valence-corrected chi connectivity index (χ4v) is 2.68. The monoisotopic (exact) mass is 341 g/mol. The molecular weight excluding hydrogens is 334 g/mol. The highest BCUT2D eigenvalue weighted by Crippen LogP contribution is 2.32. The van der Waals surface area contributed by atoms with E-state index < -0.39 is 23.6 Å². The summed E-state index contributed by atoms with van der Waals surface area (Å²) in [5.41, 5.74) is -0.567. The van der Waals surface area contributed by atoms with Gasteiger partial charge in [-0.1, -0.05) is 11.3 Å². The van der Waals surface area contributed by atoms with Crippen LogP contribution in [0.25, 0.3) is 10.2 Å². The third-order valence-corrected chi connectivity index (χ3v) is 3.83. The molecule has 0 bridgehead atoms. The first-order valence-corrected chi connectivity index (χ1v) is 7.05. The van der Waals surface area contributed by atoms with Crippen LogP contribution < -0.4 is 5.32 Å². The zero-order chi connectivity index (χ0) is 16.6. The maximum Gasteiger partial charge on any atom is 0.433 e. The van der Waals surface area contributed by atoms with Crippen LogP contribution in [-0.2, 0) is 6.18 Å². The topological polar surface area (TPSA) is 54.9 Å². The van der Waals surface area contributed by atoms with Gasteiger partial charge in [0.1, 0.15) is 17.0 Å². The van der Waals surface area contributed by atoms with Gasteiger partial charge in [0.05, 0.1) is 10.9 Å². The number of alkyl halides is 3. The fourth-order valence-electron chi connectivity index (χ4n) is 1.81. The van der Waals surface area contributed by atoms with E-state index in [4.69, 9.17) is 0 Å². The zero-order valence-electron chi connectivity index (χ0n) is 11.2. The van der Waals surface area contributed by atoms with Crippen LogP contribution in [0.5, 0.6) is 0 Å². The van der Waals surface area contributed by atoms with Crippen molar-refractivity contribution in [3.05, 3.63) is 53.6 Å². The molecule has 3 rings (SSSR count). The van der Waals surface area contributed by atoms with Gasteiger partial charge in [-0.2, -0.15) is 13.2 Å². The van der Waals surface area contributed by atoms with Crippen molar-refractivity contribution in [2.75, 3.05) is 5.32 Å². The molecule has 2 aromatic heterocycles. The van der Waals surface area contributed by atoms with E-state index in [0.29, 0.717) is 0 Å². The highest BCUT2D eigenvalue weighted by Gasteiger charge is 2.32. The summed E-state index contributed by atoms with van der Waals surface area (Å²) in [7, 11) is 0. The summed E-state index contributed by atoms with van der Waals surface area (Å²) in [6.45, 7) is 0. The molecule has 2 heterocycles. The van der Waals surface area contributed by atoms with Gasteiger partial charge in [0.2, 0.25) is 0 Å². The number of carbonyl (C=O) groups is 1. The first-order chi connectivity index (χ1) is 10.8. The lowest BCUT2D eigenvalue weighted by atomic mass is 10.2. The lowest BCUT2D eigenvalue weighted by Gasteiger charge is -2.03. The Morgan fingerprint density at radius 2 is 1.87 bits per heavy atom. The van der Waals surface area contributed by atoms with Gasteiger partial charge in [-0.05, 0) is 30.3 Å². The Labute approximate surface area is 130 Å². The van der Waals surface area contributed by atoms with Crippen LogP contribution in [0.3, 0.4) is 0 Å². The summed E-state index contributed by atoms with van der Waals surface area (Å²) in [6, 6.07) is 5.72. The number of benzene rings is 1. The number of nitrogens with one attached hydrogen (secondary N) is 1. The van der Waals surface area contributed by atoms with Crippen LogP contribution in [0.15, 0.2) is 36.5 Å². The molecule has 0 aliphatic heterocycles. The van der Waals surface area contributed by atoms with Crippen LogP contribution in [0.2, 0.25) is 0 Å². The van der Waals surface area contributed by atoms with Gasteiger partial charge in [0.15, 0.2) is 5.13 Å². The number of hydrogen-bond acceptors (Lipinski definition) is 4. The van der Waals surface area contributed by atoms with Gasteiger partial charge < -0.3 is 0 Å². The largest absolute Gasteiger partial charge is 0.433 e. The van der Waals surface area contributed by atoms with Crippen molar-refractivity contribution in [1.29, 1.82) is 0 Å². The number of nitrogens with zero attached hydrogens (tertiary/aromatic N) is 2. The number of rotatable bonds is 2. The van der Waals surface area contributed by atoms with Crippen molar-refractivity contribution in [2.24, 2.45) is 0 Å². The lowest BCUT2D eigenvalue weighted by molar-refractivity contribution is -0.141. The Morgan fingerprint density at radius 3 is 2.52 bits per heavy atom. The van der Waals surface area contributed by atoms with Gasteiger partial charge in [-0.25, -0.2) is 14.4 Å². The molecule has 4 nitrogen and oxygen atoms in total. The molecule has 23 heavy (non-hydrogen) atoms. The van der Waals surface area contributed by atoms with Crippen molar-refractivity contribution in [3.8, 4) is 0 Å². The van der Waals surface area contributed by atoms with Crippen molar-refractivity contribution in [2.45, 2.75) is 6.18 Å². The first-order valence-electron chi connectivity index (χ1n) is 6.23. The first kappa shape index (κ1) is 15.3. The minimum absolute atomic E-state index is 0.135. The molecule has 0 saturated carbocycles. The molecule has 0 aliphatic carbocycles. The fraction of sp³-hybridized carbons (Fsp3) is 0.0714. The van der Waals surface area contributed by atoms with E-state index in [1.165, 1.54) is 12.1 Å². The average molecular weight is 341 g/mol. The zero-order valence-corrected chi connectivity index (χ0v) is 12.0.